The van der Waals surface area contributed by atoms with E-state index < -0.39 is 15.3 Å². The highest BCUT2D eigenvalue weighted by Crippen LogP contribution is 2.25. The van der Waals surface area contributed by atoms with Crippen LogP contribution < -0.4 is 14.2 Å². The fourth-order valence-corrected chi connectivity index (χ4v) is 3.99. The number of nitrogens with one attached hydrogen (secondary N) is 1. The van der Waals surface area contributed by atoms with Crippen LogP contribution in [0.15, 0.2) is 18.2 Å². The maximum atomic E-state index is 12.3. The topological polar surface area (TPSA) is 73.9 Å². The molecule has 1 fully saturated rings. The lowest BCUT2D eigenvalue weighted by Gasteiger charge is -2.17. The molecule has 0 spiro atoms. The highest BCUT2D eigenvalue weighted by Gasteiger charge is 2.35. The largest absolute Gasteiger partial charge is 0.497 e. The van der Waals surface area contributed by atoms with Gasteiger partial charge in [0, 0.05) is 18.7 Å². The zero-order valence-corrected chi connectivity index (χ0v) is 13.3. The van der Waals surface area contributed by atoms with Crippen LogP contribution in [0.1, 0.15) is 18.9 Å². The molecular weight excluding hydrogens is 294 g/mol. The molecule has 0 radical (unpaired) electrons. The lowest BCUT2D eigenvalue weighted by molar-refractivity contribution is 0.126. The fraction of sp³-hybridized carbons (Fsp3) is 0.571. The minimum absolute atomic E-state index is 0.159. The molecule has 1 aromatic carbocycles. The van der Waals surface area contributed by atoms with Gasteiger partial charge in [0.05, 0.1) is 20.3 Å². The molecule has 0 amide bonds. The Bertz CT molecular complexity index is 587. The number of sulfonamides is 1. The maximum absolute atomic E-state index is 12.3. The van der Waals surface area contributed by atoms with E-state index in [-0.39, 0.29) is 12.6 Å². The zero-order chi connectivity index (χ0) is 15.5. The second-order valence-corrected chi connectivity index (χ2v) is 6.93. The van der Waals surface area contributed by atoms with E-state index in [1.807, 2.05) is 0 Å². The summed E-state index contributed by atoms with van der Waals surface area (Å²) in [6, 6.07) is 5.28. The molecule has 118 valence electrons. The van der Waals surface area contributed by atoms with Gasteiger partial charge in [-0.25, -0.2) is 13.1 Å². The molecule has 0 unspecified atom stereocenters. The van der Waals surface area contributed by atoms with E-state index in [4.69, 9.17) is 14.2 Å². The maximum Gasteiger partial charge on any atom is 0.217 e. The molecule has 0 aromatic heterocycles. The summed E-state index contributed by atoms with van der Waals surface area (Å²) < 4.78 is 43.0. The molecule has 1 aromatic rings. The molecule has 1 aliphatic heterocycles. The number of methoxy groups -OCH3 is 2. The Morgan fingerprint density at radius 2 is 2.10 bits per heavy atom. The average Bonchev–Trinajstić information content (AvgIpc) is 2.92. The van der Waals surface area contributed by atoms with Gasteiger partial charge in [-0.3, -0.25) is 0 Å². The Balaban J connectivity index is 2.11. The van der Waals surface area contributed by atoms with Crippen molar-refractivity contribution < 1.29 is 22.6 Å². The van der Waals surface area contributed by atoms with Crippen molar-refractivity contribution in [3.8, 4) is 11.5 Å². The van der Waals surface area contributed by atoms with Crippen molar-refractivity contribution in [3.63, 3.8) is 0 Å². The molecule has 7 heteroatoms. The predicted molar refractivity (Wildman–Crippen MR) is 79.1 cm³/mol. The van der Waals surface area contributed by atoms with Crippen molar-refractivity contribution in [2.45, 2.75) is 31.2 Å². The molecule has 1 N–H and O–H groups in total. The normalized spacial score (nSPS) is 22.2. The van der Waals surface area contributed by atoms with Gasteiger partial charge in [0.15, 0.2) is 0 Å². The quantitative estimate of drug-likeness (QED) is 0.856. The number of rotatable bonds is 6. The first-order valence-electron chi connectivity index (χ1n) is 6.79. The number of hydrogen-bond acceptors (Lipinski definition) is 5. The van der Waals surface area contributed by atoms with Crippen molar-refractivity contribution in [2.75, 3.05) is 20.8 Å². The van der Waals surface area contributed by atoms with Gasteiger partial charge in [0.2, 0.25) is 10.0 Å². The molecule has 1 saturated heterocycles. The second-order valence-electron chi connectivity index (χ2n) is 4.95. The first-order valence-corrected chi connectivity index (χ1v) is 8.33. The summed E-state index contributed by atoms with van der Waals surface area (Å²) in [7, 11) is -0.312. The number of benzene rings is 1. The zero-order valence-electron chi connectivity index (χ0n) is 12.5. The summed E-state index contributed by atoms with van der Waals surface area (Å²) in [6.07, 6.45) is 0.237. The van der Waals surface area contributed by atoms with Gasteiger partial charge >= 0.3 is 0 Å². The Morgan fingerprint density at radius 3 is 2.67 bits per heavy atom. The first kappa shape index (κ1) is 16.1. The molecule has 0 aliphatic carbocycles. The minimum atomic E-state index is -3.42. The number of hydrogen-bond donors (Lipinski definition) is 1. The standard InChI is InChI=1S/C14H21NO5S/c1-10-14(6-7-20-10)21(16,17)15-9-11-8-12(18-2)4-5-13(11)19-3/h4-5,8,10,14-15H,6-7,9H2,1-3H3/t10-,14+/m1/s1. The molecule has 21 heavy (non-hydrogen) atoms. The van der Waals surface area contributed by atoms with E-state index in [0.717, 1.165) is 5.56 Å². The van der Waals surface area contributed by atoms with E-state index in [2.05, 4.69) is 4.72 Å². The van der Waals surface area contributed by atoms with Crippen molar-refractivity contribution >= 4 is 10.0 Å². The third-order valence-electron chi connectivity index (χ3n) is 3.66. The SMILES string of the molecule is COc1ccc(OC)c(CNS(=O)(=O)[C@H]2CCO[C@@H]2C)c1. The molecule has 6 nitrogen and oxygen atoms in total. The van der Waals surface area contributed by atoms with E-state index in [0.29, 0.717) is 24.5 Å². The van der Waals surface area contributed by atoms with Gasteiger partial charge in [-0.05, 0) is 31.5 Å². The lowest BCUT2D eigenvalue weighted by atomic mass is 10.2. The monoisotopic (exact) mass is 315 g/mol. The second kappa shape index (κ2) is 6.64. The molecule has 0 saturated carbocycles. The third-order valence-corrected chi connectivity index (χ3v) is 5.62. The van der Waals surface area contributed by atoms with Gasteiger partial charge in [-0.1, -0.05) is 0 Å². The van der Waals surface area contributed by atoms with Crippen LogP contribution in [-0.2, 0) is 21.3 Å². The van der Waals surface area contributed by atoms with Gasteiger partial charge in [-0.2, -0.15) is 0 Å². The lowest BCUT2D eigenvalue weighted by Crippen LogP contribution is -2.37. The van der Waals surface area contributed by atoms with Crippen molar-refractivity contribution in [1.29, 1.82) is 0 Å². The number of ether oxygens (including phenoxy) is 3. The Kier molecular flexibility index (Phi) is 5.08. The van der Waals surface area contributed by atoms with Gasteiger partial charge in [-0.15, -0.1) is 0 Å². The summed E-state index contributed by atoms with van der Waals surface area (Å²) in [5, 5.41) is -0.505. The van der Waals surface area contributed by atoms with Gasteiger partial charge in [0.25, 0.3) is 0 Å². The molecule has 2 atom stereocenters. The summed E-state index contributed by atoms with van der Waals surface area (Å²) in [5.74, 6) is 1.27. The van der Waals surface area contributed by atoms with Crippen LogP contribution in [0, 0.1) is 0 Å². The van der Waals surface area contributed by atoms with Crippen LogP contribution in [0.2, 0.25) is 0 Å². The van der Waals surface area contributed by atoms with Crippen molar-refractivity contribution in [2.24, 2.45) is 0 Å². The van der Waals surface area contributed by atoms with E-state index in [1.54, 1.807) is 39.3 Å². The van der Waals surface area contributed by atoms with E-state index in [1.165, 1.54) is 0 Å². The average molecular weight is 315 g/mol. The van der Waals surface area contributed by atoms with Crippen LogP contribution in [0.25, 0.3) is 0 Å². The van der Waals surface area contributed by atoms with Gasteiger partial charge in [0.1, 0.15) is 16.7 Å². The molecular formula is C14H21NO5S. The highest BCUT2D eigenvalue weighted by molar-refractivity contribution is 7.90. The minimum Gasteiger partial charge on any atom is -0.497 e. The van der Waals surface area contributed by atoms with Crippen LogP contribution >= 0.6 is 0 Å². The van der Waals surface area contributed by atoms with Crippen molar-refractivity contribution in [1.82, 2.24) is 4.72 Å². The molecule has 1 aliphatic rings. The summed E-state index contributed by atoms with van der Waals surface area (Å²) in [5.41, 5.74) is 0.729. The van der Waals surface area contributed by atoms with Crippen LogP contribution in [-0.4, -0.2) is 40.6 Å². The summed E-state index contributed by atoms with van der Waals surface area (Å²) >= 11 is 0. The summed E-state index contributed by atoms with van der Waals surface area (Å²) in [6.45, 7) is 2.42. The van der Waals surface area contributed by atoms with Gasteiger partial charge < -0.3 is 14.2 Å². The third kappa shape index (κ3) is 3.66. The predicted octanol–water partition coefficient (Wildman–Crippen LogP) is 1.30. The highest BCUT2D eigenvalue weighted by atomic mass is 32.2. The molecule has 2 rings (SSSR count). The van der Waals surface area contributed by atoms with Crippen molar-refractivity contribution in [3.05, 3.63) is 23.8 Å². The van der Waals surface area contributed by atoms with E-state index >= 15 is 0 Å². The Morgan fingerprint density at radius 1 is 1.33 bits per heavy atom. The fourth-order valence-electron chi connectivity index (χ4n) is 2.43. The summed E-state index contributed by atoms with van der Waals surface area (Å²) in [4.78, 5) is 0. The van der Waals surface area contributed by atoms with Crippen LogP contribution in [0.4, 0.5) is 0 Å². The first-order chi connectivity index (χ1) is 9.97. The van der Waals surface area contributed by atoms with Crippen LogP contribution in [0.3, 0.4) is 0 Å². The Hall–Kier alpha value is -1.31. The smallest absolute Gasteiger partial charge is 0.217 e. The Labute approximate surface area is 125 Å². The van der Waals surface area contributed by atoms with E-state index in [9.17, 15) is 8.42 Å². The molecule has 1 heterocycles. The van der Waals surface area contributed by atoms with Crippen LogP contribution in [0.5, 0.6) is 11.5 Å². The molecule has 0 bridgehead atoms.